The highest BCUT2D eigenvalue weighted by Crippen LogP contribution is 2.16. The van der Waals surface area contributed by atoms with Gasteiger partial charge in [0.15, 0.2) is 0 Å². The second-order valence-corrected chi connectivity index (χ2v) is 6.97. The van der Waals surface area contributed by atoms with Gasteiger partial charge in [0, 0.05) is 11.4 Å². The van der Waals surface area contributed by atoms with Gasteiger partial charge < -0.3 is 20.6 Å². The van der Waals surface area contributed by atoms with E-state index in [1.54, 1.807) is 11.3 Å². The van der Waals surface area contributed by atoms with Gasteiger partial charge in [-0.1, -0.05) is 6.07 Å². The molecule has 6 heteroatoms. The molecule has 0 unspecified atom stereocenters. The molecule has 1 atom stereocenters. The largest absolute Gasteiger partial charge is 0.395 e. The maximum absolute atomic E-state index is 12.0. The number of aliphatic hydroxyl groups is 1. The first kappa shape index (κ1) is 17.4. The molecule has 0 aromatic carbocycles. The van der Waals surface area contributed by atoms with Crippen molar-refractivity contribution in [3.8, 4) is 0 Å². The maximum Gasteiger partial charge on any atom is 0.237 e. The Hall–Kier alpha value is -0.950. The summed E-state index contributed by atoms with van der Waals surface area (Å²) in [7, 11) is 0. The topological polar surface area (TPSA) is 64.6 Å². The highest BCUT2D eigenvalue weighted by molar-refractivity contribution is 7.09. The zero-order valence-electron chi connectivity index (χ0n) is 13.3. The van der Waals surface area contributed by atoms with E-state index in [1.165, 1.54) is 4.88 Å². The molecular formula is C16H27N3O2S. The molecule has 2 heterocycles. The summed E-state index contributed by atoms with van der Waals surface area (Å²) in [6, 6.07) is 3.87. The number of carbonyl (C=O) groups excluding carboxylic acids is 1. The van der Waals surface area contributed by atoms with E-state index in [1.807, 2.05) is 24.4 Å². The van der Waals surface area contributed by atoms with Gasteiger partial charge in [-0.15, -0.1) is 11.3 Å². The summed E-state index contributed by atoms with van der Waals surface area (Å²) in [4.78, 5) is 15.5. The van der Waals surface area contributed by atoms with E-state index in [4.69, 9.17) is 5.11 Å². The molecule has 1 aromatic heterocycles. The first-order valence-electron chi connectivity index (χ1n) is 8.05. The fourth-order valence-electron chi connectivity index (χ4n) is 2.73. The number of piperidine rings is 1. The smallest absolute Gasteiger partial charge is 0.237 e. The lowest BCUT2D eigenvalue weighted by Crippen LogP contribution is -2.45. The van der Waals surface area contributed by atoms with Crippen LogP contribution in [0.15, 0.2) is 17.5 Å². The van der Waals surface area contributed by atoms with Crippen molar-refractivity contribution in [2.24, 2.45) is 5.92 Å². The molecule has 1 aromatic rings. The average molecular weight is 325 g/mol. The van der Waals surface area contributed by atoms with Crippen molar-refractivity contribution < 1.29 is 9.90 Å². The van der Waals surface area contributed by atoms with Gasteiger partial charge in [0.2, 0.25) is 5.91 Å². The normalized spacial score (nSPS) is 18.3. The van der Waals surface area contributed by atoms with E-state index in [0.29, 0.717) is 12.5 Å². The number of hydrogen-bond acceptors (Lipinski definition) is 5. The number of likely N-dealkylation sites (tertiary alicyclic amines) is 1. The molecule has 1 saturated heterocycles. The molecule has 1 aliphatic rings. The molecule has 1 aliphatic heterocycles. The molecule has 3 N–H and O–H groups in total. The van der Waals surface area contributed by atoms with E-state index in [0.717, 1.165) is 39.0 Å². The maximum atomic E-state index is 12.0. The molecule has 0 aliphatic carbocycles. The second kappa shape index (κ2) is 9.25. The van der Waals surface area contributed by atoms with Crippen LogP contribution in [0.5, 0.6) is 0 Å². The van der Waals surface area contributed by atoms with Crippen LogP contribution in [0, 0.1) is 5.92 Å². The lowest BCUT2D eigenvalue weighted by atomic mass is 9.96. The fourth-order valence-corrected chi connectivity index (χ4v) is 3.38. The molecule has 2 rings (SSSR count). The van der Waals surface area contributed by atoms with Crippen molar-refractivity contribution in [2.45, 2.75) is 32.4 Å². The van der Waals surface area contributed by atoms with Crippen molar-refractivity contribution in [3.05, 3.63) is 22.4 Å². The Labute approximate surface area is 136 Å². The van der Waals surface area contributed by atoms with E-state index < -0.39 is 0 Å². The fraction of sp³-hybridized carbons (Fsp3) is 0.688. The lowest BCUT2D eigenvalue weighted by Gasteiger charge is -2.32. The van der Waals surface area contributed by atoms with Crippen LogP contribution in [0.4, 0.5) is 0 Å². The number of β-amino-alcohol motifs (C(OH)–C–C–N with tert-alkyl or cyclic N) is 1. The minimum atomic E-state index is -0.157. The highest BCUT2D eigenvalue weighted by atomic mass is 32.1. The number of carbonyl (C=O) groups is 1. The third-order valence-corrected chi connectivity index (χ3v) is 5.12. The summed E-state index contributed by atoms with van der Waals surface area (Å²) in [6.07, 6.45) is 2.27. The van der Waals surface area contributed by atoms with Crippen LogP contribution in [-0.4, -0.2) is 54.7 Å². The molecule has 1 fully saturated rings. The molecule has 0 saturated carbocycles. The number of hydrogen-bond donors (Lipinski definition) is 3. The van der Waals surface area contributed by atoms with Gasteiger partial charge in [0.05, 0.1) is 19.2 Å². The standard InChI is InChI=1S/C16H27N3O2S/c1-13(16(21)18-12-15-3-2-10-22-15)17-11-14-4-6-19(7-5-14)8-9-20/h2-3,10,13-14,17,20H,4-9,11-12H2,1H3,(H,18,21)/t13-/m1/s1. The molecular weight excluding hydrogens is 298 g/mol. The Bertz CT molecular complexity index is 431. The van der Waals surface area contributed by atoms with Crippen LogP contribution in [-0.2, 0) is 11.3 Å². The van der Waals surface area contributed by atoms with Gasteiger partial charge in [0.25, 0.3) is 0 Å². The van der Waals surface area contributed by atoms with Crippen LogP contribution < -0.4 is 10.6 Å². The van der Waals surface area contributed by atoms with Gasteiger partial charge in [-0.2, -0.15) is 0 Å². The quantitative estimate of drug-likeness (QED) is 0.668. The summed E-state index contributed by atoms with van der Waals surface area (Å²) in [5.74, 6) is 0.689. The van der Waals surface area contributed by atoms with Crippen LogP contribution in [0.2, 0.25) is 0 Å². The third-order valence-electron chi connectivity index (χ3n) is 4.25. The minimum absolute atomic E-state index is 0.0612. The molecule has 0 spiro atoms. The average Bonchev–Trinajstić information content (AvgIpc) is 3.05. The predicted octanol–water partition coefficient (Wildman–Crippen LogP) is 1.05. The third kappa shape index (κ3) is 5.68. The van der Waals surface area contributed by atoms with Gasteiger partial charge in [-0.05, 0) is 56.8 Å². The zero-order valence-corrected chi connectivity index (χ0v) is 14.1. The van der Waals surface area contributed by atoms with Crippen LogP contribution >= 0.6 is 11.3 Å². The lowest BCUT2D eigenvalue weighted by molar-refractivity contribution is -0.122. The van der Waals surface area contributed by atoms with E-state index in [2.05, 4.69) is 15.5 Å². The Morgan fingerprint density at radius 1 is 1.50 bits per heavy atom. The minimum Gasteiger partial charge on any atom is -0.395 e. The number of nitrogens with one attached hydrogen (secondary N) is 2. The molecule has 0 radical (unpaired) electrons. The summed E-state index contributed by atoms with van der Waals surface area (Å²) in [6.45, 7) is 6.54. The Kier molecular flexibility index (Phi) is 7.32. The summed E-state index contributed by atoms with van der Waals surface area (Å²) < 4.78 is 0. The Morgan fingerprint density at radius 3 is 2.91 bits per heavy atom. The number of rotatable bonds is 8. The second-order valence-electron chi connectivity index (χ2n) is 5.94. The Morgan fingerprint density at radius 2 is 2.27 bits per heavy atom. The van der Waals surface area contributed by atoms with Crippen LogP contribution in [0.3, 0.4) is 0 Å². The van der Waals surface area contributed by atoms with Crippen molar-refractivity contribution in [1.29, 1.82) is 0 Å². The van der Waals surface area contributed by atoms with E-state index >= 15 is 0 Å². The zero-order chi connectivity index (χ0) is 15.8. The first-order chi connectivity index (χ1) is 10.7. The van der Waals surface area contributed by atoms with E-state index in [-0.39, 0.29) is 18.6 Å². The summed E-state index contributed by atoms with van der Waals surface area (Å²) in [5, 5.41) is 17.3. The molecule has 124 valence electrons. The Balaban J connectivity index is 1.61. The number of aliphatic hydroxyl groups excluding tert-OH is 1. The van der Waals surface area contributed by atoms with Crippen LogP contribution in [0.1, 0.15) is 24.6 Å². The van der Waals surface area contributed by atoms with Gasteiger partial charge in [0.1, 0.15) is 0 Å². The van der Waals surface area contributed by atoms with Crippen molar-refractivity contribution >= 4 is 17.2 Å². The van der Waals surface area contributed by atoms with E-state index in [9.17, 15) is 4.79 Å². The predicted molar refractivity (Wildman–Crippen MR) is 89.9 cm³/mol. The van der Waals surface area contributed by atoms with Crippen LogP contribution in [0.25, 0.3) is 0 Å². The highest BCUT2D eigenvalue weighted by Gasteiger charge is 2.20. The summed E-state index contributed by atoms with van der Waals surface area (Å²) >= 11 is 1.66. The number of nitrogens with zero attached hydrogens (tertiary/aromatic N) is 1. The molecule has 22 heavy (non-hydrogen) atoms. The van der Waals surface area contributed by atoms with Gasteiger partial charge in [-0.3, -0.25) is 4.79 Å². The van der Waals surface area contributed by atoms with Crippen molar-refractivity contribution in [1.82, 2.24) is 15.5 Å². The molecule has 1 amide bonds. The van der Waals surface area contributed by atoms with Gasteiger partial charge in [-0.25, -0.2) is 0 Å². The first-order valence-corrected chi connectivity index (χ1v) is 8.93. The summed E-state index contributed by atoms with van der Waals surface area (Å²) in [5.41, 5.74) is 0. The number of thiophene rings is 1. The SMILES string of the molecule is C[C@@H](NCC1CCN(CCO)CC1)C(=O)NCc1cccs1. The van der Waals surface area contributed by atoms with Crippen molar-refractivity contribution in [3.63, 3.8) is 0 Å². The van der Waals surface area contributed by atoms with Gasteiger partial charge >= 0.3 is 0 Å². The molecule has 5 nitrogen and oxygen atoms in total. The monoisotopic (exact) mass is 325 g/mol. The van der Waals surface area contributed by atoms with Crippen molar-refractivity contribution in [2.75, 3.05) is 32.8 Å². The number of amides is 1. The molecule has 0 bridgehead atoms.